The summed E-state index contributed by atoms with van der Waals surface area (Å²) < 4.78 is 0. The Balaban J connectivity index is 2.16. The average molecular weight is 175 g/mol. The highest BCUT2D eigenvalue weighted by Crippen LogP contribution is 2.29. The van der Waals surface area contributed by atoms with Gasteiger partial charge in [0.1, 0.15) is 0 Å². The molecule has 0 amide bonds. The van der Waals surface area contributed by atoms with Crippen LogP contribution < -0.4 is 5.32 Å². The molecule has 0 spiro atoms. The minimum Gasteiger partial charge on any atom is -0.316 e. The van der Waals surface area contributed by atoms with Crippen molar-refractivity contribution in [2.45, 2.75) is 19.3 Å². The number of hydrogen-bond donors (Lipinski definition) is 1. The van der Waals surface area contributed by atoms with E-state index >= 15 is 0 Å². The molecule has 2 atom stereocenters. The van der Waals surface area contributed by atoms with Crippen molar-refractivity contribution >= 4 is 0 Å². The first-order valence-electron chi connectivity index (χ1n) is 5.17. The Hall–Kier alpha value is -0.820. The number of rotatable bonds is 2. The predicted octanol–water partition coefficient (Wildman–Crippen LogP) is 2.40. The lowest BCUT2D eigenvalue weighted by atomic mass is 9.87. The topological polar surface area (TPSA) is 12.0 Å². The molecule has 1 heterocycles. The summed E-state index contributed by atoms with van der Waals surface area (Å²) in [6.07, 6.45) is 1.28. The molecule has 1 aliphatic rings. The molecule has 1 nitrogen and oxygen atoms in total. The summed E-state index contributed by atoms with van der Waals surface area (Å²) in [7, 11) is 0. The smallest absolute Gasteiger partial charge is 0.00234 e. The highest BCUT2D eigenvalue weighted by molar-refractivity contribution is 5.22. The van der Waals surface area contributed by atoms with E-state index < -0.39 is 0 Å². The molecule has 70 valence electrons. The molecule has 0 bridgehead atoms. The highest BCUT2D eigenvalue weighted by atomic mass is 14.9. The molecule has 13 heavy (non-hydrogen) atoms. The molecule has 1 aliphatic heterocycles. The molecule has 0 radical (unpaired) electrons. The van der Waals surface area contributed by atoms with Gasteiger partial charge in [0.05, 0.1) is 0 Å². The van der Waals surface area contributed by atoms with Gasteiger partial charge in [-0.15, -0.1) is 0 Å². The number of benzene rings is 1. The molecule has 1 N–H and O–H groups in total. The van der Waals surface area contributed by atoms with Crippen molar-refractivity contribution in [3.63, 3.8) is 0 Å². The van der Waals surface area contributed by atoms with Gasteiger partial charge in [-0.1, -0.05) is 43.7 Å². The Morgan fingerprint density at radius 2 is 2.00 bits per heavy atom. The molecule has 0 saturated carbocycles. The van der Waals surface area contributed by atoms with Crippen LogP contribution in [-0.4, -0.2) is 13.1 Å². The lowest BCUT2D eigenvalue weighted by Gasteiger charge is -2.16. The molecular formula is C12H17N. The summed E-state index contributed by atoms with van der Waals surface area (Å²) in [5.41, 5.74) is 1.50. The summed E-state index contributed by atoms with van der Waals surface area (Å²) in [6.45, 7) is 4.63. The second-order valence-electron chi connectivity index (χ2n) is 3.84. The van der Waals surface area contributed by atoms with Gasteiger partial charge in [-0.3, -0.25) is 0 Å². The first-order valence-corrected chi connectivity index (χ1v) is 5.17. The molecule has 1 aromatic rings. The van der Waals surface area contributed by atoms with Crippen LogP contribution in [0.1, 0.15) is 24.8 Å². The second-order valence-corrected chi connectivity index (χ2v) is 3.84. The van der Waals surface area contributed by atoms with Crippen LogP contribution in [0.4, 0.5) is 0 Å². The zero-order valence-corrected chi connectivity index (χ0v) is 8.16. The van der Waals surface area contributed by atoms with Crippen molar-refractivity contribution in [3.05, 3.63) is 35.9 Å². The van der Waals surface area contributed by atoms with Crippen molar-refractivity contribution in [1.82, 2.24) is 5.32 Å². The molecule has 1 aromatic carbocycles. The fraction of sp³-hybridized carbons (Fsp3) is 0.500. The van der Waals surface area contributed by atoms with Crippen LogP contribution >= 0.6 is 0 Å². The molecule has 0 aromatic heterocycles. The van der Waals surface area contributed by atoms with Crippen molar-refractivity contribution in [3.8, 4) is 0 Å². The van der Waals surface area contributed by atoms with E-state index in [2.05, 4.69) is 42.6 Å². The third-order valence-corrected chi connectivity index (χ3v) is 3.09. The maximum atomic E-state index is 3.47. The first-order chi connectivity index (χ1) is 6.42. The highest BCUT2D eigenvalue weighted by Gasteiger charge is 2.26. The molecule has 1 heteroatoms. The van der Waals surface area contributed by atoms with Crippen LogP contribution in [-0.2, 0) is 0 Å². The zero-order valence-electron chi connectivity index (χ0n) is 8.16. The van der Waals surface area contributed by atoms with Gasteiger partial charge < -0.3 is 5.32 Å². The lowest BCUT2D eigenvalue weighted by molar-refractivity contribution is 0.503. The Labute approximate surface area is 80.2 Å². The monoisotopic (exact) mass is 175 g/mol. The maximum absolute atomic E-state index is 3.47. The van der Waals surface area contributed by atoms with Crippen LogP contribution in [0.3, 0.4) is 0 Å². The van der Waals surface area contributed by atoms with Crippen LogP contribution in [0.5, 0.6) is 0 Å². The van der Waals surface area contributed by atoms with Gasteiger partial charge in [0, 0.05) is 12.5 Å². The predicted molar refractivity (Wildman–Crippen MR) is 55.8 cm³/mol. The average Bonchev–Trinajstić information content (AvgIpc) is 2.67. The summed E-state index contributed by atoms with van der Waals surface area (Å²) in [6, 6.07) is 10.9. The summed E-state index contributed by atoms with van der Waals surface area (Å²) in [5, 5.41) is 3.47. The van der Waals surface area contributed by atoms with Crippen molar-refractivity contribution in [2.75, 3.05) is 13.1 Å². The van der Waals surface area contributed by atoms with E-state index in [0.29, 0.717) is 0 Å². The first kappa shape index (κ1) is 8.76. The van der Waals surface area contributed by atoms with E-state index in [1.165, 1.54) is 18.5 Å². The largest absolute Gasteiger partial charge is 0.316 e. The van der Waals surface area contributed by atoms with Crippen LogP contribution in [0.2, 0.25) is 0 Å². The van der Waals surface area contributed by atoms with E-state index in [-0.39, 0.29) is 0 Å². The van der Waals surface area contributed by atoms with Gasteiger partial charge >= 0.3 is 0 Å². The van der Waals surface area contributed by atoms with E-state index in [9.17, 15) is 0 Å². The Kier molecular flexibility index (Phi) is 2.65. The third-order valence-electron chi connectivity index (χ3n) is 3.09. The number of hydrogen-bond acceptors (Lipinski definition) is 1. The second kappa shape index (κ2) is 3.93. The van der Waals surface area contributed by atoms with E-state index in [1.807, 2.05) is 0 Å². The molecule has 0 unspecified atom stereocenters. The lowest BCUT2D eigenvalue weighted by Crippen LogP contribution is -2.08. The molecule has 1 fully saturated rings. The molecule has 1 saturated heterocycles. The standard InChI is InChI=1S/C12H17N/c1-2-10-8-13-9-12(10)11-6-4-3-5-7-11/h3-7,10,12-13H,2,8-9H2,1H3/t10-,12+/m0/s1. The molecule has 0 aliphatic carbocycles. The Bertz CT molecular complexity index is 255. The SMILES string of the molecule is CC[C@H]1CNC[C@H]1c1ccccc1. The van der Waals surface area contributed by atoms with Crippen LogP contribution in [0.25, 0.3) is 0 Å². The third kappa shape index (κ3) is 1.75. The minimum absolute atomic E-state index is 0.742. The minimum atomic E-state index is 0.742. The van der Waals surface area contributed by atoms with Crippen LogP contribution in [0, 0.1) is 5.92 Å². The van der Waals surface area contributed by atoms with E-state index in [0.717, 1.165) is 18.4 Å². The summed E-state index contributed by atoms with van der Waals surface area (Å²) in [4.78, 5) is 0. The molecule has 2 rings (SSSR count). The fourth-order valence-corrected chi connectivity index (χ4v) is 2.25. The van der Waals surface area contributed by atoms with Gasteiger partial charge in [0.25, 0.3) is 0 Å². The quantitative estimate of drug-likeness (QED) is 0.727. The van der Waals surface area contributed by atoms with Gasteiger partial charge in [-0.05, 0) is 18.0 Å². The maximum Gasteiger partial charge on any atom is 0.00234 e. The summed E-state index contributed by atoms with van der Waals surface area (Å²) in [5.74, 6) is 1.58. The van der Waals surface area contributed by atoms with Gasteiger partial charge in [-0.2, -0.15) is 0 Å². The van der Waals surface area contributed by atoms with E-state index in [1.54, 1.807) is 0 Å². The zero-order chi connectivity index (χ0) is 9.10. The fourth-order valence-electron chi connectivity index (χ4n) is 2.25. The van der Waals surface area contributed by atoms with Gasteiger partial charge in [0.2, 0.25) is 0 Å². The van der Waals surface area contributed by atoms with Crippen molar-refractivity contribution < 1.29 is 0 Å². The normalized spacial score (nSPS) is 27.8. The van der Waals surface area contributed by atoms with Crippen molar-refractivity contribution in [2.24, 2.45) is 5.92 Å². The van der Waals surface area contributed by atoms with Gasteiger partial charge in [-0.25, -0.2) is 0 Å². The van der Waals surface area contributed by atoms with E-state index in [4.69, 9.17) is 0 Å². The Morgan fingerprint density at radius 3 is 2.69 bits per heavy atom. The summed E-state index contributed by atoms with van der Waals surface area (Å²) >= 11 is 0. The van der Waals surface area contributed by atoms with Crippen LogP contribution in [0.15, 0.2) is 30.3 Å². The van der Waals surface area contributed by atoms with Gasteiger partial charge in [0.15, 0.2) is 0 Å². The van der Waals surface area contributed by atoms with Crippen molar-refractivity contribution in [1.29, 1.82) is 0 Å². The number of nitrogens with one attached hydrogen (secondary N) is 1. The Morgan fingerprint density at radius 1 is 1.23 bits per heavy atom. The molecular weight excluding hydrogens is 158 g/mol.